The molecule has 0 aromatic heterocycles. The molecule has 0 saturated heterocycles. The molecule has 4 N–H and O–H groups in total. The molecule has 0 bridgehead atoms. The molecule has 0 atom stereocenters. The minimum absolute atomic E-state index is 0.741. The molecule has 0 heterocycles. The van der Waals surface area contributed by atoms with E-state index in [1.165, 1.54) is 11.1 Å². The fourth-order valence-electron chi connectivity index (χ4n) is 3.05. The zero-order valence-corrected chi connectivity index (χ0v) is 17.1. The number of ether oxygens (including phenoxy) is 2. The van der Waals surface area contributed by atoms with Crippen molar-refractivity contribution >= 4 is 0 Å². The van der Waals surface area contributed by atoms with Gasteiger partial charge in [0.15, 0.2) is 0 Å². The first-order valence-corrected chi connectivity index (χ1v) is 10.7. The Morgan fingerprint density at radius 2 is 0.893 bits per heavy atom. The van der Waals surface area contributed by atoms with E-state index in [0.29, 0.717) is 0 Å². The zero-order chi connectivity index (χ0) is 19.9. The van der Waals surface area contributed by atoms with E-state index in [2.05, 4.69) is 48.5 Å². The monoisotopic (exact) mass is 384 g/mol. The van der Waals surface area contributed by atoms with Crippen molar-refractivity contribution < 1.29 is 9.47 Å². The molecule has 0 amide bonds. The predicted octanol–water partition coefficient (Wildman–Crippen LogP) is 4.49. The van der Waals surface area contributed by atoms with Crippen LogP contribution >= 0.6 is 0 Å². The highest BCUT2D eigenvalue weighted by atomic mass is 16.5. The third-order valence-corrected chi connectivity index (χ3v) is 4.76. The Kier molecular flexibility index (Phi) is 11.1. The summed E-state index contributed by atoms with van der Waals surface area (Å²) in [5.74, 6) is 1.91. The third-order valence-electron chi connectivity index (χ3n) is 4.76. The van der Waals surface area contributed by atoms with Crippen molar-refractivity contribution in [2.24, 2.45) is 11.5 Å². The van der Waals surface area contributed by atoms with E-state index in [1.807, 2.05) is 0 Å². The standard InChI is InChI=1S/C24H36N2O2/c25-17-5-7-21-9-13-23(14-10-21)27-19-3-1-2-4-20-28-24-15-11-22(12-16-24)8-6-18-26/h9-16H,1-8,17-20,25-26H2. The minimum atomic E-state index is 0.741. The maximum atomic E-state index is 5.82. The van der Waals surface area contributed by atoms with Gasteiger partial charge < -0.3 is 20.9 Å². The van der Waals surface area contributed by atoms with Gasteiger partial charge in [0.2, 0.25) is 0 Å². The van der Waals surface area contributed by atoms with Crippen LogP contribution in [0.15, 0.2) is 48.5 Å². The van der Waals surface area contributed by atoms with Crippen molar-refractivity contribution in [3.8, 4) is 11.5 Å². The van der Waals surface area contributed by atoms with Crippen LogP contribution in [0.3, 0.4) is 0 Å². The molecule has 0 aliphatic rings. The van der Waals surface area contributed by atoms with Crippen LogP contribution in [-0.4, -0.2) is 26.3 Å². The zero-order valence-electron chi connectivity index (χ0n) is 17.1. The Morgan fingerprint density at radius 3 is 1.25 bits per heavy atom. The van der Waals surface area contributed by atoms with Crippen molar-refractivity contribution in [2.45, 2.75) is 51.4 Å². The van der Waals surface area contributed by atoms with Gasteiger partial charge in [-0.3, -0.25) is 0 Å². The van der Waals surface area contributed by atoms with Crippen LogP contribution in [0, 0.1) is 0 Å². The van der Waals surface area contributed by atoms with Crippen LogP contribution < -0.4 is 20.9 Å². The first kappa shape index (κ1) is 22.3. The molecule has 154 valence electrons. The number of hydrogen-bond donors (Lipinski definition) is 2. The summed E-state index contributed by atoms with van der Waals surface area (Å²) >= 11 is 0. The van der Waals surface area contributed by atoms with Gasteiger partial charge in [-0.1, -0.05) is 24.3 Å². The summed E-state index contributed by atoms with van der Waals surface area (Å²) in [5.41, 5.74) is 13.7. The molecule has 4 heteroatoms. The maximum Gasteiger partial charge on any atom is 0.119 e. The first-order valence-electron chi connectivity index (χ1n) is 10.7. The molecule has 28 heavy (non-hydrogen) atoms. The molecule has 0 saturated carbocycles. The second-order valence-electron chi connectivity index (χ2n) is 7.18. The van der Waals surface area contributed by atoms with Crippen LogP contribution in [0.2, 0.25) is 0 Å². The van der Waals surface area contributed by atoms with Crippen molar-refractivity contribution in [2.75, 3.05) is 26.3 Å². The molecule has 2 aromatic rings. The summed E-state index contributed by atoms with van der Waals surface area (Å²) < 4.78 is 11.6. The van der Waals surface area contributed by atoms with Gasteiger partial charge in [0, 0.05) is 0 Å². The highest BCUT2D eigenvalue weighted by molar-refractivity contribution is 5.28. The maximum absolute atomic E-state index is 5.82. The molecular weight excluding hydrogens is 348 g/mol. The fourth-order valence-corrected chi connectivity index (χ4v) is 3.05. The van der Waals surface area contributed by atoms with Gasteiger partial charge in [-0.2, -0.15) is 0 Å². The van der Waals surface area contributed by atoms with Gasteiger partial charge in [0.25, 0.3) is 0 Å². The number of unbranched alkanes of at least 4 members (excludes halogenated alkanes) is 3. The highest BCUT2D eigenvalue weighted by Crippen LogP contribution is 2.15. The lowest BCUT2D eigenvalue weighted by Gasteiger charge is -2.08. The molecule has 0 unspecified atom stereocenters. The average Bonchev–Trinajstić information content (AvgIpc) is 2.74. The molecule has 4 nitrogen and oxygen atoms in total. The largest absolute Gasteiger partial charge is 0.494 e. The Labute approximate surface area is 170 Å². The second-order valence-corrected chi connectivity index (χ2v) is 7.18. The van der Waals surface area contributed by atoms with Crippen molar-refractivity contribution in [1.82, 2.24) is 0 Å². The SMILES string of the molecule is NCCCc1ccc(OCCCCCCOc2ccc(CCCN)cc2)cc1. The molecule has 0 fully saturated rings. The van der Waals surface area contributed by atoms with E-state index < -0.39 is 0 Å². The molecular formula is C24H36N2O2. The van der Waals surface area contributed by atoms with Crippen LogP contribution in [-0.2, 0) is 12.8 Å². The second kappa shape index (κ2) is 14.0. The van der Waals surface area contributed by atoms with Crippen molar-refractivity contribution in [3.05, 3.63) is 59.7 Å². The Balaban J connectivity index is 1.48. The smallest absolute Gasteiger partial charge is 0.119 e. The molecule has 0 radical (unpaired) electrons. The highest BCUT2D eigenvalue weighted by Gasteiger charge is 1.98. The third kappa shape index (κ3) is 9.25. The van der Waals surface area contributed by atoms with E-state index in [-0.39, 0.29) is 0 Å². The number of benzene rings is 2. The van der Waals surface area contributed by atoms with Gasteiger partial charge >= 0.3 is 0 Å². The minimum Gasteiger partial charge on any atom is -0.494 e. The molecule has 2 rings (SSSR count). The Hall–Kier alpha value is -2.04. The van der Waals surface area contributed by atoms with E-state index >= 15 is 0 Å². The van der Waals surface area contributed by atoms with Gasteiger partial charge in [0.05, 0.1) is 13.2 Å². The fraction of sp³-hybridized carbons (Fsp3) is 0.500. The quantitative estimate of drug-likeness (QED) is 0.444. The predicted molar refractivity (Wildman–Crippen MR) is 117 cm³/mol. The number of rotatable bonds is 15. The summed E-state index contributed by atoms with van der Waals surface area (Å²) in [4.78, 5) is 0. The summed E-state index contributed by atoms with van der Waals surface area (Å²) in [6.45, 7) is 3.02. The van der Waals surface area contributed by atoms with Crippen LogP contribution in [0.4, 0.5) is 0 Å². The van der Waals surface area contributed by atoms with Crippen LogP contribution in [0.5, 0.6) is 11.5 Å². The molecule has 0 aliphatic heterocycles. The number of hydrogen-bond acceptors (Lipinski definition) is 4. The van der Waals surface area contributed by atoms with Gasteiger partial charge in [0.1, 0.15) is 11.5 Å². The van der Waals surface area contributed by atoms with E-state index in [0.717, 1.165) is 89.2 Å². The molecule has 2 aromatic carbocycles. The lowest BCUT2D eigenvalue weighted by molar-refractivity contribution is 0.287. The normalized spacial score (nSPS) is 10.8. The molecule has 0 spiro atoms. The molecule has 0 aliphatic carbocycles. The van der Waals surface area contributed by atoms with Gasteiger partial charge in [-0.05, 0) is 99.8 Å². The lowest BCUT2D eigenvalue weighted by Crippen LogP contribution is -2.01. The van der Waals surface area contributed by atoms with Gasteiger partial charge in [-0.15, -0.1) is 0 Å². The Morgan fingerprint density at radius 1 is 0.500 bits per heavy atom. The number of aryl methyl sites for hydroxylation is 2. The van der Waals surface area contributed by atoms with E-state index in [1.54, 1.807) is 0 Å². The van der Waals surface area contributed by atoms with E-state index in [4.69, 9.17) is 20.9 Å². The summed E-state index contributed by atoms with van der Waals surface area (Å²) in [7, 11) is 0. The van der Waals surface area contributed by atoms with Crippen LogP contribution in [0.1, 0.15) is 49.7 Å². The van der Waals surface area contributed by atoms with E-state index in [9.17, 15) is 0 Å². The van der Waals surface area contributed by atoms with Crippen molar-refractivity contribution in [3.63, 3.8) is 0 Å². The average molecular weight is 385 g/mol. The lowest BCUT2D eigenvalue weighted by atomic mass is 10.1. The topological polar surface area (TPSA) is 70.5 Å². The number of nitrogens with two attached hydrogens (primary N) is 2. The van der Waals surface area contributed by atoms with Gasteiger partial charge in [-0.25, -0.2) is 0 Å². The summed E-state index contributed by atoms with van der Waals surface area (Å²) in [6, 6.07) is 16.8. The Bertz CT molecular complexity index is 569. The van der Waals surface area contributed by atoms with Crippen molar-refractivity contribution in [1.29, 1.82) is 0 Å². The summed E-state index contributed by atoms with van der Waals surface area (Å²) in [6.07, 6.45) is 8.62. The van der Waals surface area contributed by atoms with Crippen LogP contribution in [0.25, 0.3) is 0 Å². The first-order chi connectivity index (χ1) is 13.8. The summed E-state index contributed by atoms with van der Waals surface area (Å²) in [5, 5.41) is 0.